The van der Waals surface area contributed by atoms with Crippen LogP contribution in [0.3, 0.4) is 0 Å². The van der Waals surface area contributed by atoms with Crippen molar-refractivity contribution in [1.82, 2.24) is 0 Å². The van der Waals surface area contributed by atoms with Crippen molar-refractivity contribution in [3.63, 3.8) is 0 Å². The Morgan fingerprint density at radius 2 is 0.966 bits per heavy atom. The first-order chi connectivity index (χ1) is 14.0. The van der Waals surface area contributed by atoms with Crippen LogP contribution in [0, 0.1) is 0 Å². The van der Waals surface area contributed by atoms with Crippen LogP contribution in [0.25, 0.3) is 0 Å². The Morgan fingerprint density at radius 1 is 0.621 bits per heavy atom. The van der Waals surface area contributed by atoms with Gasteiger partial charge >= 0.3 is 0 Å². The van der Waals surface area contributed by atoms with Crippen molar-refractivity contribution in [2.75, 3.05) is 42.7 Å². The molecular formula is C22H32O7. The Labute approximate surface area is 173 Å². The Kier molecular flexibility index (Phi) is 9.96. The number of ether oxygens (including phenoxy) is 6. The van der Waals surface area contributed by atoms with Crippen LogP contribution in [0.2, 0.25) is 0 Å². The number of methoxy groups -OCH3 is 6. The van der Waals surface area contributed by atoms with E-state index in [0.717, 1.165) is 5.56 Å². The summed E-state index contributed by atoms with van der Waals surface area (Å²) in [4.78, 5) is 0. The smallest absolute Gasteiger partial charge is 0.203 e. The standard InChI is InChI=1S/C20H26O7.C2H6/c1-22-15-8-12(9-16(23-2)19(15)26-5)7-14(21)13-10-17(24-3)20(27-6)18(11-13)25-4;1-2/h8-11,14,21H,7H2,1-6H3;1-2H3. The molecule has 0 radical (unpaired) electrons. The van der Waals surface area contributed by atoms with Gasteiger partial charge in [0.2, 0.25) is 11.5 Å². The molecule has 0 bridgehead atoms. The Morgan fingerprint density at radius 3 is 1.28 bits per heavy atom. The molecular weight excluding hydrogens is 376 g/mol. The average molecular weight is 408 g/mol. The second kappa shape index (κ2) is 11.9. The summed E-state index contributed by atoms with van der Waals surface area (Å²) in [5.74, 6) is 3.01. The molecule has 0 spiro atoms. The van der Waals surface area contributed by atoms with E-state index in [4.69, 9.17) is 28.4 Å². The largest absolute Gasteiger partial charge is 0.493 e. The van der Waals surface area contributed by atoms with Crippen molar-refractivity contribution in [3.8, 4) is 34.5 Å². The molecule has 0 heterocycles. The summed E-state index contributed by atoms with van der Waals surface area (Å²) in [6.07, 6.45) is -0.475. The first kappa shape index (κ1) is 24.2. The minimum Gasteiger partial charge on any atom is -0.493 e. The summed E-state index contributed by atoms with van der Waals surface area (Å²) in [7, 11) is 9.25. The van der Waals surface area contributed by atoms with Gasteiger partial charge in [0.15, 0.2) is 23.0 Å². The number of aliphatic hydroxyl groups is 1. The fourth-order valence-corrected chi connectivity index (χ4v) is 2.89. The van der Waals surface area contributed by atoms with E-state index in [0.29, 0.717) is 46.5 Å². The van der Waals surface area contributed by atoms with Crippen molar-refractivity contribution in [3.05, 3.63) is 35.4 Å². The fourth-order valence-electron chi connectivity index (χ4n) is 2.89. The predicted octanol–water partition coefficient (Wildman–Crippen LogP) is 4.04. The molecule has 2 aromatic carbocycles. The highest BCUT2D eigenvalue weighted by Gasteiger charge is 2.20. The van der Waals surface area contributed by atoms with E-state index in [2.05, 4.69) is 0 Å². The molecule has 7 nitrogen and oxygen atoms in total. The molecule has 2 aromatic rings. The third kappa shape index (κ3) is 5.60. The molecule has 162 valence electrons. The molecule has 0 saturated heterocycles. The second-order valence-corrected chi connectivity index (χ2v) is 5.71. The van der Waals surface area contributed by atoms with E-state index < -0.39 is 6.10 Å². The fraction of sp³-hybridized carbons (Fsp3) is 0.455. The number of aliphatic hydroxyl groups excluding tert-OH is 1. The maximum absolute atomic E-state index is 10.8. The monoisotopic (exact) mass is 408 g/mol. The lowest BCUT2D eigenvalue weighted by Gasteiger charge is -2.18. The SMILES string of the molecule is CC.COc1cc(CC(O)c2cc(OC)c(OC)c(OC)c2)cc(OC)c1OC. The van der Waals surface area contributed by atoms with Crippen LogP contribution in [0.4, 0.5) is 0 Å². The lowest BCUT2D eigenvalue weighted by atomic mass is 10.00. The molecule has 0 aliphatic heterocycles. The zero-order valence-electron chi connectivity index (χ0n) is 18.5. The highest BCUT2D eigenvalue weighted by Crippen LogP contribution is 2.42. The first-order valence-electron chi connectivity index (χ1n) is 9.29. The summed E-state index contributed by atoms with van der Waals surface area (Å²) in [5, 5.41) is 10.8. The van der Waals surface area contributed by atoms with Crippen LogP contribution in [0.5, 0.6) is 34.5 Å². The van der Waals surface area contributed by atoms with E-state index in [1.165, 1.54) is 21.3 Å². The van der Waals surface area contributed by atoms with Crippen molar-refractivity contribution in [2.24, 2.45) is 0 Å². The highest BCUT2D eigenvalue weighted by atomic mass is 16.5. The molecule has 0 aliphatic rings. The molecule has 1 atom stereocenters. The zero-order chi connectivity index (χ0) is 22.0. The van der Waals surface area contributed by atoms with E-state index >= 15 is 0 Å². The third-order valence-electron chi connectivity index (χ3n) is 4.23. The number of hydrogen-bond donors (Lipinski definition) is 1. The number of hydrogen-bond acceptors (Lipinski definition) is 7. The molecule has 29 heavy (non-hydrogen) atoms. The molecule has 0 amide bonds. The van der Waals surface area contributed by atoms with Gasteiger partial charge in [0, 0.05) is 6.42 Å². The molecule has 0 saturated carbocycles. The molecule has 2 rings (SSSR count). The van der Waals surface area contributed by atoms with Gasteiger partial charge < -0.3 is 33.5 Å². The van der Waals surface area contributed by atoms with Crippen LogP contribution in [0.1, 0.15) is 31.1 Å². The van der Waals surface area contributed by atoms with Crippen molar-refractivity contribution in [2.45, 2.75) is 26.4 Å². The van der Waals surface area contributed by atoms with Crippen molar-refractivity contribution >= 4 is 0 Å². The summed E-state index contributed by atoms with van der Waals surface area (Å²) >= 11 is 0. The summed E-state index contributed by atoms with van der Waals surface area (Å²) < 4.78 is 32.1. The Hall–Kier alpha value is -2.80. The summed E-state index contributed by atoms with van der Waals surface area (Å²) in [6.45, 7) is 4.00. The summed E-state index contributed by atoms with van der Waals surface area (Å²) in [5.41, 5.74) is 1.46. The van der Waals surface area contributed by atoms with E-state index in [1.807, 2.05) is 26.0 Å². The van der Waals surface area contributed by atoms with E-state index in [9.17, 15) is 5.11 Å². The molecule has 7 heteroatoms. The highest BCUT2D eigenvalue weighted by molar-refractivity contribution is 5.56. The van der Waals surface area contributed by atoms with Crippen LogP contribution in [-0.2, 0) is 6.42 Å². The maximum atomic E-state index is 10.8. The normalized spacial score (nSPS) is 10.9. The average Bonchev–Trinajstić information content (AvgIpc) is 2.78. The van der Waals surface area contributed by atoms with Gasteiger partial charge in [0.1, 0.15) is 0 Å². The van der Waals surface area contributed by atoms with Crippen molar-refractivity contribution in [1.29, 1.82) is 0 Å². The molecule has 0 aliphatic carbocycles. The maximum Gasteiger partial charge on any atom is 0.203 e. The minimum atomic E-state index is -0.804. The Bertz CT molecular complexity index is 724. The van der Waals surface area contributed by atoms with Crippen LogP contribution in [0.15, 0.2) is 24.3 Å². The van der Waals surface area contributed by atoms with Gasteiger partial charge in [-0.2, -0.15) is 0 Å². The van der Waals surface area contributed by atoms with Gasteiger partial charge in [-0.05, 0) is 35.4 Å². The van der Waals surface area contributed by atoms with E-state index in [-0.39, 0.29) is 0 Å². The zero-order valence-corrected chi connectivity index (χ0v) is 18.5. The topological polar surface area (TPSA) is 75.6 Å². The van der Waals surface area contributed by atoms with Gasteiger partial charge in [-0.15, -0.1) is 0 Å². The lowest BCUT2D eigenvalue weighted by Crippen LogP contribution is -2.05. The third-order valence-corrected chi connectivity index (χ3v) is 4.23. The molecule has 0 fully saturated rings. The van der Waals surface area contributed by atoms with Gasteiger partial charge in [0.05, 0.1) is 48.8 Å². The predicted molar refractivity (Wildman–Crippen MR) is 112 cm³/mol. The second-order valence-electron chi connectivity index (χ2n) is 5.71. The van der Waals surface area contributed by atoms with Gasteiger partial charge in [-0.25, -0.2) is 0 Å². The number of benzene rings is 2. The number of rotatable bonds is 9. The first-order valence-corrected chi connectivity index (χ1v) is 9.29. The minimum absolute atomic E-state index is 0.329. The van der Waals surface area contributed by atoms with Crippen LogP contribution in [-0.4, -0.2) is 47.8 Å². The Balaban J connectivity index is 0.00000204. The lowest BCUT2D eigenvalue weighted by molar-refractivity contribution is 0.177. The van der Waals surface area contributed by atoms with Gasteiger partial charge in [0.25, 0.3) is 0 Å². The van der Waals surface area contributed by atoms with Gasteiger partial charge in [-0.3, -0.25) is 0 Å². The van der Waals surface area contributed by atoms with Gasteiger partial charge in [-0.1, -0.05) is 13.8 Å². The molecule has 1 unspecified atom stereocenters. The molecule has 1 N–H and O–H groups in total. The van der Waals surface area contributed by atoms with Crippen LogP contribution >= 0.6 is 0 Å². The summed E-state index contributed by atoms with van der Waals surface area (Å²) in [6, 6.07) is 7.07. The molecule has 0 aromatic heterocycles. The van der Waals surface area contributed by atoms with Crippen molar-refractivity contribution < 1.29 is 33.5 Å². The van der Waals surface area contributed by atoms with Crippen LogP contribution < -0.4 is 28.4 Å². The quantitative estimate of drug-likeness (QED) is 0.671. The van der Waals surface area contributed by atoms with E-state index in [1.54, 1.807) is 33.5 Å².